The van der Waals surface area contributed by atoms with Crippen LogP contribution in [0.15, 0.2) is 12.3 Å². The summed E-state index contributed by atoms with van der Waals surface area (Å²) in [5, 5.41) is 29.3. The summed E-state index contributed by atoms with van der Waals surface area (Å²) in [6, 6.07) is 1.46. The molecule has 3 rings (SSSR count). The first kappa shape index (κ1) is 15.4. The summed E-state index contributed by atoms with van der Waals surface area (Å²) in [5.74, 6) is -0.441. The van der Waals surface area contributed by atoms with E-state index in [1.165, 1.54) is 12.3 Å². The van der Waals surface area contributed by atoms with Crippen molar-refractivity contribution in [3.63, 3.8) is 0 Å². The van der Waals surface area contributed by atoms with E-state index < -0.39 is 36.8 Å². The third-order valence-corrected chi connectivity index (χ3v) is 4.21. The van der Waals surface area contributed by atoms with Gasteiger partial charge in [0.05, 0.1) is 12.0 Å². The number of aromatic nitrogens is 2. The lowest BCUT2D eigenvalue weighted by Gasteiger charge is -2.16. The van der Waals surface area contributed by atoms with Gasteiger partial charge in [0, 0.05) is 17.3 Å². The van der Waals surface area contributed by atoms with Crippen LogP contribution >= 0.6 is 12.2 Å². The second kappa shape index (κ2) is 5.64. The lowest BCUT2D eigenvalue weighted by molar-refractivity contribution is -0.0229. The van der Waals surface area contributed by atoms with Crippen LogP contribution in [0.1, 0.15) is 17.2 Å². The van der Waals surface area contributed by atoms with Crippen LogP contribution in [0.2, 0.25) is 0 Å². The first-order valence-corrected chi connectivity index (χ1v) is 7.15. The second-order valence-corrected chi connectivity index (χ2v) is 5.74. The van der Waals surface area contributed by atoms with E-state index in [9.17, 15) is 14.6 Å². The number of nitrogens with zero attached hydrogens (tertiary/aromatic N) is 1. The molecule has 6 nitrogen and oxygen atoms in total. The molecule has 4 N–H and O–H groups in total. The van der Waals surface area contributed by atoms with Crippen molar-refractivity contribution in [2.75, 3.05) is 6.61 Å². The Balaban J connectivity index is 2.13. The van der Waals surface area contributed by atoms with Crippen LogP contribution in [-0.2, 0) is 4.74 Å². The van der Waals surface area contributed by atoms with E-state index in [4.69, 9.17) is 22.1 Å². The van der Waals surface area contributed by atoms with Crippen molar-refractivity contribution < 1.29 is 24.4 Å². The predicted molar refractivity (Wildman–Crippen MR) is 78.3 cm³/mol. The maximum absolute atomic E-state index is 14.2. The number of rotatable bonds is 2. The Morgan fingerprint density at radius 1 is 1.41 bits per heavy atom. The Morgan fingerprint density at radius 2 is 2.14 bits per heavy atom. The van der Waals surface area contributed by atoms with Gasteiger partial charge in [-0.1, -0.05) is 12.2 Å². The minimum Gasteiger partial charge on any atom is -0.394 e. The molecule has 0 radical (unpaired) electrons. The van der Waals surface area contributed by atoms with Crippen LogP contribution in [0, 0.1) is 17.4 Å². The number of pyridine rings is 2. The molecule has 0 bridgehead atoms. The van der Waals surface area contributed by atoms with Crippen molar-refractivity contribution in [3.8, 4) is 0 Å². The third-order valence-electron chi connectivity index (χ3n) is 3.87. The van der Waals surface area contributed by atoms with Gasteiger partial charge in [-0.05, 0) is 13.0 Å². The molecule has 0 aliphatic carbocycles. The summed E-state index contributed by atoms with van der Waals surface area (Å²) < 4.78 is 19.9. The molecule has 22 heavy (non-hydrogen) atoms. The molecule has 118 valence electrons. The second-order valence-electron chi connectivity index (χ2n) is 5.33. The molecule has 1 saturated heterocycles. The molecule has 1 aliphatic rings. The molecule has 0 amide bonds. The van der Waals surface area contributed by atoms with E-state index in [-0.39, 0.29) is 10.0 Å². The molecule has 2 aromatic rings. The molecule has 3 heterocycles. The Hall–Kier alpha value is -1.45. The number of ether oxygens (including phenoxy) is 1. The lowest BCUT2D eigenvalue weighted by atomic mass is 10.0. The highest BCUT2D eigenvalue weighted by Gasteiger charge is 2.43. The summed E-state index contributed by atoms with van der Waals surface area (Å²) in [4.78, 5) is 6.88. The van der Waals surface area contributed by atoms with E-state index in [1.807, 2.05) is 0 Å². The van der Waals surface area contributed by atoms with Crippen LogP contribution in [0.3, 0.4) is 0 Å². The highest BCUT2D eigenvalue weighted by molar-refractivity contribution is 7.71. The van der Waals surface area contributed by atoms with Crippen molar-refractivity contribution in [3.05, 3.63) is 33.8 Å². The van der Waals surface area contributed by atoms with Crippen LogP contribution in [0.4, 0.5) is 4.39 Å². The first-order valence-electron chi connectivity index (χ1n) is 6.74. The van der Waals surface area contributed by atoms with Crippen LogP contribution < -0.4 is 0 Å². The number of halogens is 1. The van der Waals surface area contributed by atoms with Crippen LogP contribution in [-0.4, -0.2) is 50.2 Å². The first-order chi connectivity index (χ1) is 10.4. The quantitative estimate of drug-likeness (QED) is 0.612. The largest absolute Gasteiger partial charge is 0.394 e. The number of aliphatic hydroxyl groups is 3. The number of hydrogen-bond donors (Lipinski definition) is 4. The maximum Gasteiger partial charge on any atom is 0.141 e. The fourth-order valence-corrected chi connectivity index (χ4v) is 2.88. The molecule has 0 saturated carbocycles. The zero-order chi connectivity index (χ0) is 16.0. The molecule has 8 heteroatoms. The number of H-pyrrole nitrogens is 1. The van der Waals surface area contributed by atoms with Crippen molar-refractivity contribution in [2.24, 2.45) is 0 Å². The molecule has 1 fully saturated rings. The molecule has 1 aliphatic heterocycles. The van der Waals surface area contributed by atoms with Gasteiger partial charge in [0.15, 0.2) is 0 Å². The van der Waals surface area contributed by atoms with Gasteiger partial charge in [-0.2, -0.15) is 0 Å². The zero-order valence-corrected chi connectivity index (χ0v) is 12.5. The lowest BCUT2D eigenvalue weighted by Crippen LogP contribution is -2.32. The minimum atomic E-state index is -1.26. The number of fused-ring (bicyclic) bond motifs is 1. The van der Waals surface area contributed by atoms with E-state index in [1.54, 1.807) is 6.92 Å². The number of nitrogens with one attached hydrogen (secondary N) is 1. The highest BCUT2D eigenvalue weighted by atomic mass is 32.1. The standard InChI is InChI=1S/C14H15FN2O4S/c1-5-3-16-13-6(9(5)15)2-7(14(22)17-13)12-11(20)10(19)8(4-18)21-12/h2-3,8,10-12,18-20H,4H2,1H3,(H,16,17,22)/t8-,10?,11?,12+/m1/s1. The van der Waals surface area contributed by atoms with E-state index in [0.29, 0.717) is 16.8 Å². The molecule has 0 aromatic carbocycles. The predicted octanol–water partition coefficient (Wildman–Crippen LogP) is 0.894. The fourth-order valence-electron chi connectivity index (χ4n) is 2.60. The monoisotopic (exact) mass is 326 g/mol. The summed E-state index contributed by atoms with van der Waals surface area (Å²) in [6.07, 6.45) is -2.95. The molecule has 0 spiro atoms. The number of aliphatic hydroxyl groups excluding tert-OH is 3. The van der Waals surface area contributed by atoms with Gasteiger partial charge in [0.25, 0.3) is 0 Å². The van der Waals surface area contributed by atoms with Gasteiger partial charge in [0.1, 0.15) is 40.5 Å². The molecule has 2 aromatic heterocycles. The van der Waals surface area contributed by atoms with Gasteiger partial charge in [-0.3, -0.25) is 0 Å². The normalized spacial score (nSPS) is 28.4. The van der Waals surface area contributed by atoms with Gasteiger partial charge in [0.2, 0.25) is 0 Å². The summed E-state index contributed by atoms with van der Waals surface area (Å²) in [7, 11) is 0. The van der Waals surface area contributed by atoms with Crippen molar-refractivity contribution in [1.29, 1.82) is 0 Å². The Kier molecular flexibility index (Phi) is 3.96. The number of hydrogen-bond acceptors (Lipinski definition) is 6. The maximum atomic E-state index is 14.2. The summed E-state index contributed by atoms with van der Waals surface area (Å²) >= 11 is 5.21. The third kappa shape index (κ3) is 2.33. The SMILES string of the molecule is Cc1cnc2[nH]c(=S)c([C@@H]3O[C@H](CO)C(O)C3O)cc2c1F. The highest BCUT2D eigenvalue weighted by Crippen LogP contribution is 2.35. The van der Waals surface area contributed by atoms with Crippen molar-refractivity contribution in [1.82, 2.24) is 9.97 Å². The molecular formula is C14H15FN2O4S. The van der Waals surface area contributed by atoms with Gasteiger partial charge >= 0.3 is 0 Å². The summed E-state index contributed by atoms with van der Waals surface area (Å²) in [6.45, 7) is 1.16. The van der Waals surface area contributed by atoms with Crippen LogP contribution in [0.25, 0.3) is 11.0 Å². The Bertz CT molecular complexity index is 781. The Labute approximate surface area is 130 Å². The molecule has 4 atom stereocenters. The topological polar surface area (TPSA) is 98.6 Å². The van der Waals surface area contributed by atoms with E-state index >= 15 is 0 Å². The van der Waals surface area contributed by atoms with Crippen molar-refractivity contribution in [2.45, 2.75) is 31.3 Å². The van der Waals surface area contributed by atoms with E-state index in [0.717, 1.165) is 0 Å². The summed E-state index contributed by atoms with van der Waals surface area (Å²) in [5.41, 5.74) is 1.02. The number of aryl methyl sites for hydroxylation is 1. The van der Waals surface area contributed by atoms with Crippen LogP contribution in [0.5, 0.6) is 0 Å². The fraction of sp³-hybridized carbons (Fsp3) is 0.429. The van der Waals surface area contributed by atoms with E-state index in [2.05, 4.69) is 9.97 Å². The smallest absolute Gasteiger partial charge is 0.141 e. The van der Waals surface area contributed by atoms with Gasteiger partial charge < -0.3 is 25.0 Å². The van der Waals surface area contributed by atoms with Crippen molar-refractivity contribution >= 4 is 23.3 Å². The van der Waals surface area contributed by atoms with Gasteiger partial charge in [-0.15, -0.1) is 0 Å². The zero-order valence-electron chi connectivity index (χ0n) is 11.7. The average Bonchev–Trinajstić information content (AvgIpc) is 2.79. The minimum absolute atomic E-state index is 0.223. The average molecular weight is 326 g/mol. The molecular weight excluding hydrogens is 311 g/mol. The molecule has 2 unspecified atom stereocenters. The number of aromatic amines is 1. The van der Waals surface area contributed by atoms with Gasteiger partial charge in [-0.25, -0.2) is 9.37 Å². The Morgan fingerprint density at radius 3 is 2.77 bits per heavy atom.